The Labute approximate surface area is 165 Å². The molecule has 138 valence electrons. The van der Waals surface area contributed by atoms with E-state index in [2.05, 4.69) is 10.6 Å². The molecule has 2 fully saturated rings. The molecule has 2 N–H and O–H groups in total. The Bertz CT molecular complexity index is 1010. The summed E-state index contributed by atoms with van der Waals surface area (Å²) in [5.74, 6) is -2.00. The third kappa shape index (κ3) is 2.19. The topological polar surface area (TPSA) is 58.2 Å². The largest absolute Gasteiger partial charge is 0.324 e. The van der Waals surface area contributed by atoms with Gasteiger partial charge in [-0.1, -0.05) is 41.4 Å². The van der Waals surface area contributed by atoms with Crippen molar-refractivity contribution in [3.8, 4) is 0 Å². The Morgan fingerprint density at radius 1 is 1.15 bits per heavy atom. The van der Waals surface area contributed by atoms with Crippen LogP contribution in [-0.4, -0.2) is 17.7 Å². The molecule has 1 saturated carbocycles. The zero-order valence-electron chi connectivity index (χ0n) is 14.1. The summed E-state index contributed by atoms with van der Waals surface area (Å²) in [7, 11) is 0. The molecular formula is C20H15Cl2FN2O2. The van der Waals surface area contributed by atoms with Gasteiger partial charge in [-0.15, -0.1) is 0 Å². The number of ketones is 1. The first-order chi connectivity index (χ1) is 12.9. The maximum absolute atomic E-state index is 15.0. The standard InChI is InChI=1S/C20H15Cl2FN2O2/c21-9-4-5-11-14(8-9)24-19(27)20(11)17(10-2-1-3-12(22)18(10)23)16-13(25-20)6-7-15(16)26/h1-5,8,13,16-17,25H,6-7H2,(H,24,27)/t13-,16-,17-,20+/m1/s1. The number of benzene rings is 2. The highest BCUT2D eigenvalue weighted by atomic mass is 35.5. The number of amides is 1. The van der Waals surface area contributed by atoms with E-state index in [9.17, 15) is 9.59 Å². The van der Waals surface area contributed by atoms with Crippen LogP contribution >= 0.6 is 23.2 Å². The molecule has 2 heterocycles. The number of carbonyl (C=O) groups excluding carboxylic acids is 2. The molecule has 1 aliphatic carbocycles. The molecule has 4 atom stereocenters. The van der Waals surface area contributed by atoms with Crippen molar-refractivity contribution in [2.45, 2.75) is 30.3 Å². The summed E-state index contributed by atoms with van der Waals surface area (Å²) >= 11 is 12.1. The fourth-order valence-corrected chi connectivity index (χ4v) is 5.40. The SMILES string of the molecule is O=C1CC[C@H]2N[C@]3(C(=O)Nc4cc(Cl)ccc43)[C@H](c3cccc(Cl)c3F)[C@@H]12. The number of anilines is 1. The first kappa shape index (κ1) is 17.2. The van der Waals surface area contributed by atoms with Crippen LogP contribution in [0.1, 0.15) is 29.9 Å². The summed E-state index contributed by atoms with van der Waals surface area (Å²) in [5, 5.41) is 6.72. The molecule has 2 aromatic rings. The maximum atomic E-state index is 15.0. The van der Waals surface area contributed by atoms with E-state index in [-0.39, 0.29) is 28.3 Å². The molecular weight excluding hydrogens is 390 g/mol. The summed E-state index contributed by atoms with van der Waals surface area (Å²) in [6.45, 7) is 0. The van der Waals surface area contributed by atoms with Gasteiger partial charge in [0.05, 0.1) is 5.02 Å². The van der Waals surface area contributed by atoms with Crippen molar-refractivity contribution < 1.29 is 14.0 Å². The van der Waals surface area contributed by atoms with E-state index in [1.54, 1.807) is 30.3 Å². The second-order valence-electron chi connectivity index (χ2n) is 7.35. The first-order valence-corrected chi connectivity index (χ1v) is 9.55. The second-order valence-corrected chi connectivity index (χ2v) is 8.20. The summed E-state index contributed by atoms with van der Waals surface area (Å²) in [5.41, 5.74) is 0.329. The summed E-state index contributed by atoms with van der Waals surface area (Å²) in [6, 6.07) is 9.68. The van der Waals surface area contributed by atoms with Gasteiger partial charge in [-0.3, -0.25) is 14.9 Å². The number of hydrogen-bond acceptors (Lipinski definition) is 3. The van der Waals surface area contributed by atoms with Crippen molar-refractivity contribution in [3.05, 3.63) is 63.4 Å². The summed E-state index contributed by atoms with van der Waals surface area (Å²) in [4.78, 5) is 25.9. The van der Waals surface area contributed by atoms with E-state index >= 15 is 4.39 Å². The van der Waals surface area contributed by atoms with Gasteiger partial charge in [0, 0.05) is 40.6 Å². The van der Waals surface area contributed by atoms with Crippen molar-refractivity contribution in [1.29, 1.82) is 0 Å². The van der Waals surface area contributed by atoms with E-state index in [4.69, 9.17) is 23.2 Å². The average molecular weight is 405 g/mol. The van der Waals surface area contributed by atoms with Crippen LogP contribution < -0.4 is 10.6 Å². The summed E-state index contributed by atoms with van der Waals surface area (Å²) in [6.07, 6.45) is 1.05. The average Bonchev–Trinajstić information content (AvgIpc) is 3.24. The van der Waals surface area contributed by atoms with Gasteiger partial charge in [0.2, 0.25) is 5.91 Å². The predicted octanol–water partition coefficient (Wildman–Crippen LogP) is 4.01. The fraction of sp³-hybridized carbons (Fsp3) is 0.300. The predicted molar refractivity (Wildman–Crippen MR) is 101 cm³/mol. The molecule has 0 aromatic heterocycles. The van der Waals surface area contributed by atoms with Crippen molar-refractivity contribution in [1.82, 2.24) is 5.32 Å². The lowest BCUT2D eigenvalue weighted by molar-refractivity contribution is -0.123. The first-order valence-electron chi connectivity index (χ1n) is 8.79. The molecule has 1 spiro atoms. The van der Waals surface area contributed by atoms with Gasteiger partial charge >= 0.3 is 0 Å². The van der Waals surface area contributed by atoms with Gasteiger partial charge in [0.25, 0.3) is 0 Å². The van der Waals surface area contributed by atoms with E-state index in [0.717, 1.165) is 0 Å². The lowest BCUT2D eigenvalue weighted by atomic mass is 9.71. The highest BCUT2D eigenvalue weighted by Crippen LogP contribution is 2.57. The van der Waals surface area contributed by atoms with Gasteiger partial charge in [-0.25, -0.2) is 4.39 Å². The Morgan fingerprint density at radius 2 is 1.96 bits per heavy atom. The van der Waals surface area contributed by atoms with Crippen LogP contribution in [0.25, 0.3) is 0 Å². The molecule has 2 aromatic carbocycles. The van der Waals surface area contributed by atoms with E-state index < -0.39 is 23.2 Å². The van der Waals surface area contributed by atoms with Crippen molar-refractivity contribution in [3.63, 3.8) is 0 Å². The number of carbonyl (C=O) groups is 2. The van der Waals surface area contributed by atoms with Crippen molar-refractivity contribution in [2.24, 2.45) is 5.92 Å². The van der Waals surface area contributed by atoms with Gasteiger partial charge in [0.15, 0.2) is 0 Å². The van der Waals surface area contributed by atoms with Crippen LogP contribution in [0.5, 0.6) is 0 Å². The fourth-order valence-electron chi connectivity index (χ4n) is 5.05. The number of fused-ring (bicyclic) bond motifs is 3. The minimum absolute atomic E-state index is 0.0220. The van der Waals surface area contributed by atoms with E-state index in [1.165, 1.54) is 6.07 Å². The Kier molecular flexibility index (Phi) is 3.67. The Balaban J connectivity index is 1.78. The molecule has 0 bridgehead atoms. The molecule has 7 heteroatoms. The van der Waals surface area contributed by atoms with Crippen LogP contribution in [0.3, 0.4) is 0 Å². The molecule has 0 unspecified atom stereocenters. The Morgan fingerprint density at radius 3 is 2.78 bits per heavy atom. The normalized spacial score (nSPS) is 31.3. The van der Waals surface area contributed by atoms with Crippen LogP contribution in [0.4, 0.5) is 10.1 Å². The molecule has 1 saturated heterocycles. The van der Waals surface area contributed by atoms with Crippen LogP contribution in [0.2, 0.25) is 10.0 Å². The second kappa shape index (κ2) is 5.77. The van der Waals surface area contributed by atoms with Crippen molar-refractivity contribution >= 4 is 40.6 Å². The smallest absolute Gasteiger partial charge is 0.250 e. The lowest BCUT2D eigenvalue weighted by Gasteiger charge is -2.32. The number of hydrogen-bond donors (Lipinski definition) is 2. The maximum Gasteiger partial charge on any atom is 0.250 e. The van der Waals surface area contributed by atoms with Crippen molar-refractivity contribution in [2.75, 3.05) is 5.32 Å². The van der Waals surface area contributed by atoms with E-state index in [1.807, 2.05) is 0 Å². The van der Waals surface area contributed by atoms with Gasteiger partial charge in [0.1, 0.15) is 17.1 Å². The van der Waals surface area contributed by atoms with Crippen LogP contribution in [0.15, 0.2) is 36.4 Å². The van der Waals surface area contributed by atoms with Gasteiger partial charge in [-0.05, 0) is 30.2 Å². The quantitative estimate of drug-likeness (QED) is 0.754. The number of rotatable bonds is 1. The van der Waals surface area contributed by atoms with Gasteiger partial charge < -0.3 is 5.32 Å². The Hall–Kier alpha value is -1.95. The number of Topliss-reactive ketones (excluding diaryl/α,β-unsaturated/α-hetero) is 1. The van der Waals surface area contributed by atoms with Crippen LogP contribution in [0, 0.1) is 11.7 Å². The molecule has 0 radical (unpaired) electrons. The van der Waals surface area contributed by atoms with E-state index in [0.29, 0.717) is 29.1 Å². The minimum atomic E-state index is -1.23. The molecule has 3 aliphatic rings. The molecule has 27 heavy (non-hydrogen) atoms. The zero-order chi connectivity index (χ0) is 18.9. The number of halogens is 3. The zero-order valence-corrected chi connectivity index (χ0v) is 15.6. The third-order valence-corrected chi connectivity index (χ3v) is 6.60. The number of nitrogens with one attached hydrogen (secondary N) is 2. The summed E-state index contributed by atoms with van der Waals surface area (Å²) < 4.78 is 15.0. The third-order valence-electron chi connectivity index (χ3n) is 6.08. The highest BCUT2D eigenvalue weighted by Gasteiger charge is 2.65. The molecule has 5 rings (SSSR count). The van der Waals surface area contributed by atoms with Gasteiger partial charge in [-0.2, -0.15) is 0 Å². The molecule has 1 amide bonds. The minimum Gasteiger partial charge on any atom is -0.324 e. The molecule has 4 nitrogen and oxygen atoms in total. The molecule has 2 aliphatic heterocycles. The monoisotopic (exact) mass is 404 g/mol. The highest BCUT2D eigenvalue weighted by molar-refractivity contribution is 6.31. The van der Waals surface area contributed by atoms with Crippen LogP contribution in [-0.2, 0) is 15.1 Å². The lowest BCUT2D eigenvalue weighted by Crippen LogP contribution is -2.49.